The van der Waals surface area contributed by atoms with Crippen LogP contribution in [0.3, 0.4) is 0 Å². The van der Waals surface area contributed by atoms with E-state index in [9.17, 15) is 13.2 Å². The molecule has 6 nitrogen and oxygen atoms in total. The van der Waals surface area contributed by atoms with E-state index >= 15 is 0 Å². The van der Waals surface area contributed by atoms with Crippen molar-refractivity contribution < 1.29 is 17.9 Å². The van der Waals surface area contributed by atoms with Gasteiger partial charge in [0.1, 0.15) is 0 Å². The first-order valence-electron chi connectivity index (χ1n) is 5.89. The number of hydrogen-bond acceptors (Lipinski definition) is 4. The smallest absolute Gasteiger partial charge is 0.339 e. The van der Waals surface area contributed by atoms with E-state index in [-0.39, 0.29) is 12.3 Å². The third kappa shape index (κ3) is 5.44. The summed E-state index contributed by atoms with van der Waals surface area (Å²) in [6.07, 6.45) is 3.22. The summed E-state index contributed by atoms with van der Waals surface area (Å²) in [5.41, 5.74) is -0.0872. The third-order valence-corrected chi connectivity index (χ3v) is 3.89. The van der Waals surface area contributed by atoms with Crippen molar-refractivity contribution >= 4 is 16.0 Å². The minimum atomic E-state index is -3.34. The molecule has 0 saturated carbocycles. The summed E-state index contributed by atoms with van der Waals surface area (Å²) in [4.78, 5) is 11.2. The largest absolute Gasteiger partial charge is 0.465 e. The molecule has 0 aliphatic heterocycles. The highest BCUT2D eigenvalue weighted by Crippen LogP contribution is 2.05. The lowest BCUT2D eigenvalue weighted by Crippen LogP contribution is -2.42. The van der Waals surface area contributed by atoms with Crippen LogP contribution in [0.1, 0.15) is 31.1 Å². The van der Waals surface area contributed by atoms with E-state index in [1.807, 2.05) is 0 Å². The molecular formula is C12H20N2O4S. The zero-order valence-electron chi connectivity index (χ0n) is 11.6. The minimum Gasteiger partial charge on any atom is -0.465 e. The highest BCUT2D eigenvalue weighted by atomic mass is 32.2. The first kappa shape index (κ1) is 15.7. The molecule has 0 fully saturated rings. The van der Waals surface area contributed by atoms with Crippen LogP contribution in [0.2, 0.25) is 0 Å². The number of aromatic nitrogens is 1. The molecule has 19 heavy (non-hydrogen) atoms. The van der Waals surface area contributed by atoms with Crippen molar-refractivity contribution in [2.24, 2.45) is 0 Å². The summed E-state index contributed by atoms with van der Waals surface area (Å²) in [7, 11) is -2.04. The number of ether oxygens (including phenoxy) is 1. The summed E-state index contributed by atoms with van der Waals surface area (Å²) in [5.74, 6) is -0.478. The zero-order valence-corrected chi connectivity index (χ0v) is 12.5. The molecule has 0 bridgehead atoms. The fourth-order valence-corrected chi connectivity index (χ4v) is 3.05. The van der Waals surface area contributed by atoms with E-state index in [0.717, 1.165) is 0 Å². The standard InChI is InChI=1S/C12H20N2O4S/c1-12(2,3)13-19(16,17)8-7-14-6-5-10(9-14)11(15)18-4/h5-6,9,13H,7-8H2,1-4H3. The van der Waals surface area contributed by atoms with Gasteiger partial charge in [-0.15, -0.1) is 0 Å². The predicted molar refractivity (Wildman–Crippen MR) is 72.4 cm³/mol. The molecule has 1 heterocycles. The molecule has 0 aromatic carbocycles. The Morgan fingerprint density at radius 3 is 2.58 bits per heavy atom. The van der Waals surface area contributed by atoms with E-state index < -0.39 is 21.5 Å². The maximum Gasteiger partial charge on any atom is 0.339 e. The molecule has 1 N–H and O–H groups in total. The van der Waals surface area contributed by atoms with Gasteiger partial charge in [0, 0.05) is 24.5 Å². The number of aryl methyl sites for hydroxylation is 1. The Kier molecular flexibility index (Phi) is 4.75. The number of sulfonamides is 1. The Hall–Kier alpha value is -1.34. The average Bonchev–Trinajstić information content (AvgIpc) is 2.71. The quantitative estimate of drug-likeness (QED) is 0.820. The lowest BCUT2D eigenvalue weighted by atomic mass is 10.1. The van der Waals surface area contributed by atoms with Gasteiger partial charge in [-0.2, -0.15) is 0 Å². The van der Waals surface area contributed by atoms with Crippen molar-refractivity contribution in [3.63, 3.8) is 0 Å². The third-order valence-electron chi connectivity index (χ3n) is 2.25. The van der Waals surface area contributed by atoms with E-state index in [1.54, 1.807) is 43.8 Å². The normalized spacial score (nSPS) is 12.4. The monoisotopic (exact) mass is 288 g/mol. The predicted octanol–water partition coefficient (Wildman–Crippen LogP) is 0.993. The van der Waals surface area contributed by atoms with Crippen molar-refractivity contribution in [2.45, 2.75) is 32.9 Å². The Bertz CT molecular complexity index is 540. The van der Waals surface area contributed by atoms with Crippen molar-refractivity contribution in [2.75, 3.05) is 12.9 Å². The molecule has 0 radical (unpaired) electrons. The van der Waals surface area contributed by atoms with E-state index in [1.165, 1.54) is 7.11 Å². The van der Waals surface area contributed by atoms with E-state index in [2.05, 4.69) is 9.46 Å². The van der Waals surface area contributed by atoms with Crippen LogP contribution in [0, 0.1) is 0 Å². The molecule has 1 aromatic heterocycles. The second-order valence-electron chi connectivity index (χ2n) is 5.30. The molecule has 0 spiro atoms. The van der Waals surface area contributed by atoms with Crippen LogP contribution in [-0.2, 0) is 21.3 Å². The lowest BCUT2D eigenvalue weighted by Gasteiger charge is -2.20. The molecular weight excluding hydrogens is 268 g/mol. The molecule has 0 aliphatic carbocycles. The highest BCUT2D eigenvalue weighted by Gasteiger charge is 2.19. The first-order valence-corrected chi connectivity index (χ1v) is 7.54. The maximum absolute atomic E-state index is 11.8. The van der Waals surface area contributed by atoms with Crippen LogP contribution >= 0.6 is 0 Å². The average molecular weight is 288 g/mol. The molecule has 1 aromatic rings. The first-order chi connectivity index (χ1) is 8.63. The van der Waals surface area contributed by atoms with Gasteiger partial charge in [0.05, 0.1) is 18.4 Å². The number of carbonyl (C=O) groups is 1. The number of methoxy groups -OCH3 is 1. The Morgan fingerprint density at radius 2 is 2.05 bits per heavy atom. The molecule has 0 atom stereocenters. The lowest BCUT2D eigenvalue weighted by molar-refractivity contribution is 0.0600. The SMILES string of the molecule is COC(=O)c1ccn(CCS(=O)(=O)NC(C)(C)C)c1. The summed E-state index contributed by atoms with van der Waals surface area (Å²) < 4.78 is 32.4. The van der Waals surface area contributed by atoms with Gasteiger partial charge in [-0.25, -0.2) is 17.9 Å². The van der Waals surface area contributed by atoms with Gasteiger partial charge in [0.15, 0.2) is 0 Å². The second kappa shape index (κ2) is 5.75. The minimum absolute atomic E-state index is 0.0421. The van der Waals surface area contributed by atoms with Gasteiger partial charge >= 0.3 is 5.97 Å². The number of nitrogens with one attached hydrogen (secondary N) is 1. The molecule has 108 valence electrons. The number of esters is 1. The van der Waals surface area contributed by atoms with Crippen molar-refractivity contribution in [3.05, 3.63) is 24.0 Å². The van der Waals surface area contributed by atoms with Crippen molar-refractivity contribution in [3.8, 4) is 0 Å². The van der Waals surface area contributed by atoms with Gasteiger partial charge in [-0.1, -0.05) is 0 Å². The van der Waals surface area contributed by atoms with E-state index in [0.29, 0.717) is 5.56 Å². The van der Waals surface area contributed by atoms with Crippen LogP contribution in [0.5, 0.6) is 0 Å². The Morgan fingerprint density at radius 1 is 1.42 bits per heavy atom. The topological polar surface area (TPSA) is 77.4 Å². The van der Waals surface area contributed by atoms with Crippen LogP contribution in [0.25, 0.3) is 0 Å². The fourth-order valence-electron chi connectivity index (χ4n) is 1.56. The summed E-state index contributed by atoms with van der Waals surface area (Å²) in [5, 5.41) is 0. The van der Waals surface area contributed by atoms with Gasteiger partial charge in [-0.3, -0.25) is 0 Å². The summed E-state index contributed by atoms with van der Waals surface area (Å²) in [6.45, 7) is 5.64. The molecule has 0 aliphatic rings. The second-order valence-corrected chi connectivity index (χ2v) is 7.14. The van der Waals surface area contributed by atoms with Gasteiger partial charge in [0.2, 0.25) is 10.0 Å². The molecule has 0 saturated heterocycles. The summed E-state index contributed by atoms with van der Waals surface area (Å²) in [6, 6.07) is 1.59. The molecule has 7 heteroatoms. The molecule has 0 unspecified atom stereocenters. The van der Waals surface area contributed by atoms with Crippen molar-refractivity contribution in [1.82, 2.24) is 9.29 Å². The Balaban J connectivity index is 2.62. The van der Waals surface area contributed by atoms with Crippen LogP contribution < -0.4 is 4.72 Å². The van der Waals surface area contributed by atoms with Gasteiger partial charge in [-0.05, 0) is 26.8 Å². The van der Waals surface area contributed by atoms with Crippen LogP contribution in [-0.4, -0.2) is 37.4 Å². The molecule has 1 rings (SSSR count). The van der Waals surface area contributed by atoms with Crippen LogP contribution in [0.15, 0.2) is 18.5 Å². The fraction of sp³-hybridized carbons (Fsp3) is 0.583. The van der Waals surface area contributed by atoms with Gasteiger partial charge < -0.3 is 9.30 Å². The summed E-state index contributed by atoms with van der Waals surface area (Å²) >= 11 is 0. The Labute approximate surface area is 113 Å². The molecule has 0 amide bonds. The van der Waals surface area contributed by atoms with Gasteiger partial charge in [0.25, 0.3) is 0 Å². The zero-order chi connectivity index (χ0) is 14.7. The highest BCUT2D eigenvalue weighted by molar-refractivity contribution is 7.89. The number of hydrogen-bond donors (Lipinski definition) is 1. The van der Waals surface area contributed by atoms with Crippen LogP contribution in [0.4, 0.5) is 0 Å². The van der Waals surface area contributed by atoms with E-state index in [4.69, 9.17) is 0 Å². The maximum atomic E-state index is 11.8. The number of carbonyl (C=O) groups excluding carboxylic acids is 1. The van der Waals surface area contributed by atoms with Crippen molar-refractivity contribution in [1.29, 1.82) is 0 Å². The number of rotatable bonds is 5. The number of nitrogens with zero attached hydrogens (tertiary/aromatic N) is 1.